The van der Waals surface area contributed by atoms with Gasteiger partial charge in [-0.3, -0.25) is 4.98 Å². The zero-order chi connectivity index (χ0) is 13.1. The van der Waals surface area contributed by atoms with Gasteiger partial charge >= 0.3 is 0 Å². The second-order valence-electron chi connectivity index (χ2n) is 3.94. The van der Waals surface area contributed by atoms with Crippen molar-refractivity contribution < 1.29 is 4.74 Å². The summed E-state index contributed by atoms with van der Waals surface area (Å²) in [7, 11) is 0. The van der Waals surface area contributed by atoms with Crippen LogP contribution < -0.4 is 4.90 Å². The maximum Gasteiger partial charge on any atom is 0.174 e. The van der Waals surface area contributed by atoms with Gasteiger partial charge in [-0.25, -0.2) is 4.98 Å². The summed E-state index contributed by atoms with van der Waals surface area (Å²) in [5.41, 5.74) is 0.779. The third-order valence-electron chi connectivity index (χ3n) is 2.76. The monoisotopic (exact) mass is 295 g/mol. The average molecular weight is 295 g/mol. The van der Waals surface area contributed by atoms with Gasteiger partial charge in [0.25, 0.3) is 0 Å². The van der Waals surface area contributed by atoms with Crippen molar-refractivity contribution in [2.45, 2.75) is 4.34 Å². The molecule has 1 fully saturated rings. The molecule has 19 heavy (non-hydrogen) atoms. The van der Waals surface area contributed by atoms with Crippen LogP contribution in [0.1, 0.15) is 0 Å². The van der Waals surface area contributed by atoms with Crippen LogP contribution in [0.25, 0.3) is 10.7 Å². The van der Waals surface area contributed by atoms with Gasteiger partial charge in [0.05, 0.1) is 25.6 Å². The summed E-state index contributed by atoms with van der Waals surface area (Å²) in [5, 5.41) is 9.04. The number of nitrogens with zero attached hydrogens (tertiary/aromatic N) is 5. The minimum Gasteiger partial charge on any atom is -0.378 e. The molecule has 6 nitrogen and oxygen atoms in total. The van der Waals surface area contributed by atoms with Gasteiger partial charge in [0.1, 0.15) is 11.5 Å². The molecular weight excluding hydrogens is 282 g/mol. The minimum absolute atomic E-state index is 0.737. The summed E-state index contributed by atoms with van der Waals surface area (Å²) in [6.07, 6.45) is 5.50. The molecule has 0 spiro atoms. The third kappa shape index (κ3) is 2.85. The molecule has 2 aromatic rings. The Bertz CT molecular complexity index is 556. The normalized spacial score (nSPS) is 15.7. The first kappa shape index (κ1) is 12.8. The van der Waals surface area contributed by atoms with Gasteiger partial charge in [-0.2, -0.15) is 0 Å². The smallest absolute Gasteiger partial charge is 0.174 e. The largest absolute Gasteiger partial charge is 0.378 e. The van der Waals surface area contributed by atoms with Gasteiger partial charge in [-0.15, -0.1) is 10.2 Å². The van der Waals surface area contributed by atoms with Crippen molar-refractivity contribution in [2.24, 2.45) is 0 Å². The first-order chi connectivity index (χ1) is 9.36. The van der Waals surface area contributed by atoms with E-state index in [2.05, 4.69) is 25.1 Å². The maximum absolute atomic E-state index is 5.34. The highest BCUT2D eigenvalue weighted by Gasteiger charge is 2.15. The van der Waals surface area contributed by atoms with E-state index >= 15 is 0 Å². The van der Waals surface area contributed by atoms with Crippen LogP contribution in [0.3, 0.4) is 0 Å². The SMILES string of the molecule is CSc1nnc(-c2cncc(N3CCOCC3)n2)s1. The highest BCUT2D eigenvalue weighted by Crippen LogP contribution is 2.27. The number of hydrogen-bond donors (Lipinski definition) is 0. The molecular formula is C11H13N5OS2. The lowest BCUT2D eigenvalue weighted by molar-refractivity contribution is 0.122. The average Bonchev–Trinajstić information content (AvgIpc) is 2.97. The van der Waals surface area contributed by atoms with Crippen molar-refractivity contribution >= 4 is 28.9 Å². The molecule has 0 unspecified atom stereocenters. The van der Waals surface area contributed by atoms with Gasteiger partial charge in [-0.05, 0) is 6.26 Å². The fraction of sp³-hybridized carbons (Fsp3) is 0.455. The number of anilines is 1. The van der Waals surface area contributed by atoms with E-state index in [4.69, 9.17) is 4.74 Å². The van der Waals surface area contributed by atoms with Crippen molar-refractivity contribution in [2.75, 3.05) is 37.5 Å². The summed E-state index contributed by atoms with van der Waals surface area (Å²) in [4.78, 5) is 11.1. The first-order valence-electron chi connectivity index (χ1n) is 5.89. The maximum atomic E-state index is 5.34. The van der Waals surface area contributed by atoms with Gasteiger partial charge in [-0.1, -0.05) is 23.1 Å². The Morgan fingerprint density at radius 2 is 2.11 bits per heavy atom. The Morgan fingerprint density at radius 1 is 1.26 bits per heavy atom. The Labute approximate surface area is 119 Å². The van der Waals surface area contributed by atoms with Crippen LogP contribution in [-0.4, -0.2) is 52.7 Å². The zero-order valence-corrected chi connectivity index (χ0v) is 12.1. The second-order valence-corrected chi connectivity index (χ2v) is 5.97. The molecule has 8 heteroatoms. The fourth-order valence-corrected chi connectivity index (χ4v) is 3.02. The zero-order valence-electron chi connectivity index (χ0n) is 10.4. The molecule has 100 valence electrons. The lowest BCUT2D eigenvalue weighted by atomic mass is 10.4. The standard InChI is InChI=1S/C11H13N5OS2/c1-18-11-15-14-10(19-11)8-6-12-7-9(13-8)16-2-4-17-5-3-16/h6-7H,2-5H2,1H3. The summed E-state index contributed by atoms with van der Waals surface area (Å²) in [6.45, 7) is 3.18. The molecule has 0 amide bonds. The molecule has 2 aromatic heterocycles. The summed E-state index contributed by atoms with van der Waals surface area (Å²) >= 11 is 3.12. The van der Waals surface area contributed by atoms with Crippen LogP contribution in [0.15, 0.2) is 16.7 Å². The van der Waals surface area contributed by atoms with E-state index in [1.165, 1.54) is 11.3 Å². The lowest BCUT2D eigenvalue weighted by Crippen LogP contribution is -2.36. The number of thioether (sulfide) groups is 1. The molecule has 3 heterocycles. The minimum atomic E-state index is 0.737. The number of hydrogen-bond acceptors (Lipinski definition) is 8. The number of ether oxygens (including phenoxy) is 1. The predicted octanol–water partition coefficient (Wildman–Crippen LogP) is 1.55. The number of aromatic nitrogens is 4. The van der Waals surface area contributed by atoms with E-state index in [9.17, 15) is 0 Å². The Morgan fingerprint density at radius 3 is 2.84 bits per heavy atom. The van der Waals surface area contributed by atoms with Crippen molar-refractivity contribution in [1.29, 1.82) is 0 Å². The van der Waals surface area contributed by atoms with E-state index in [0.29, 0.717) is 0 Å². The van der Waals surface area contributed by atoms with Crippen LogP contribution >= 0.6 is 23.1 Å². The van der Waals surface area contributed by atoms with Crippen molar-refractivity contribution in [3.05, 3.63) is 12.4 Å². The molecule has 1 saturated heterocycles. The van der Waals surface area contributed by atoms with Gasteiger partial charge in [0.2, 0.25) is 0 Å². The molecule has 0 N–H and O–H groups in total. The quantitative estimate of drug-likeness (QED) is 0.796. The van der Waals surface area contributed by atoms with Gasteiger partial charge < -0.3 is 9.64 Å². The molecule has 0 bridgehead atoms. The predicted molar refractivity (Wildman–Crippen MR) is 75.7 cm³/mol. The van der Waals surface area contributed by atoms with E-state index in [0.717, 1.165) is 47.2 Å². The van der Waals surface area contributed by atoms with E-state index in [1.54, 1.807) is 24.2 Å². The topological polar surface area (TPSA) is 64.0 Å². The number of rotatable bonds is 3. The van der Waals surface area contributed by atoms with Crippen LogP contribution in [0.4, 0.5) is 5.82 Å². The van der Waals surface area contributed by atoms with Crippen molar-refractivity contribution in [1.82, 2.24) is 20.2 Å². The molecule has 0 aliphatic carbocycles. The van der Waals surface area contributed by atoms with Crippen LogP contribution in [-0.2, 0) is 4.74 Å². The first-order valence-corrected chi connectivity index (χ1v) is 7.93. The van der Waals surface area contributed by atoms with E-state index in [-0.39, 0.29) is 0 Å². The second kappa shape index (κ2) is 5.81. The van der Waals surface area contributed by atoms with E-state index in [1.807, 2.05) is 6.26 Å². The Kier molecular flexibility index (Phi) is 3.90. The molecule has 3 rings (SSSR count). The van der Waals surface area contributed by atoms with Gasteiger partial charge in [0, 0.05) is 13.1 Å². The molecule has 0 radical (unpaired) electrons. The van der Waals surface area contributed by atoms with Crippen LogP contribution in [0.2, 0.25) is 0 Å². The molecule has 1 aliphatic heterocycles. The van der Waals surface area contributed by atoms with E-state index < -0.39 is 0 Å². The Balaban J connectivity index is 1.86. The summed E-state index contributed by atoms with van der Waals surface area (Å²) < 4.78 is 6.28. The Hall–Kier alpha value is -1.25. The molecule has 0 aromatic carbocycles. The number of morpholine rings is 1. The summed E-state index contributed by atoms with van der Waals surface area (Å²) in [6, 6.07) is 0. The fourth-order valence-electron chi connectivity index (χ4n) is 1.80. The van der Waals surface area contributed by atoms with Crippen molar-refractivity contribution in [3.8, 4) is 10.7 Å². The summed E-state index contributed by atoms with van der Waals surface area (Å²) in [5.74, 6) is 0.877. The van der Waals surface area contributed by atoms with Crippen LogP contribution in [0, 0.1) is 0 Å². The lowest BCUT2D eigenvalue weighted by Gasteiger charge is -2.27. The highest BCUT2D eigenvalue weighted by molar-refractivity contribution is 8.00. The molecule has 0 atom stereocenters. The van der Waals surface area contributed by atoms with Crippen molar-refractivity contribution in [3.63, 3.8) is 0 Å². The van der Waals surface area contributed by atoms with Crippen LogP contribution in [0.5, 0.6) is 0 Å². The third-order valence-corrected chi connectivity index (χ3v) is 4.68. The highest BCUT2D eigenvalue weighted by atomic mass is 32.2. The van der Waals surface area contributed by atoms with Gasteiger partial charge in [0.15, 0.2) is 9.35 Å². The molecule has 0 saturated carbocycles. The molecule has 1 aliphatic rings.